The second-order valence-corrected chi connectivity index (χ2v) is 9.50. The van der Waals surface area contributed by atoms with Crippen molar-refractivity contribution in [1.82, 2.24) is 29.3 Å². The van der Waals surface area contributed by atoms with Crippen LogP contribution in [0.4, 0.5) is 5.82 Å². The molecule has 0 aliphatic heterocycles. The van der Waals surface area contributed by atoms with Crippen LogP contribution >= 0.6 is 11.3 Å². The number of aryl methyl sites for hydroxylation is 2. The highest BCUT2D eigenvalue weighted by molar-refractivity contribution is 7.22. The van der Waals surface area contributed by atoms with Crippen molar-refractivity contribution in [2.75, 3.05) is 32.8 Å². The van der Waals surface area contributed by atoms with Crippen LogP contribution in [-0.4, -0.2) is 56.7 Å². The van der Waals surface area contributed by atoms with Gasteiger partial charge in [-0.25, -0.2) is 15.0 Å². The summed E-state index contributed by atoms with van der Waals surface area (Å²) in [5, 5.41) is 9.27. The number of rotatable bonds is 9. The molecule has 1 N–H and O–H groups in total. The van der Waals surface area contributed by atoms with Gasteiger partial charge < -0.3 is 19.4 Å². The Morgan fingerprint density at radius 2 is 2.12 bits per heavy atom. The van der Waals surface area contributed by atoms with Gasteiger partial charge in [0.25, 0.3) is 0 Å². The standard InChI is InChI=1S/C24H29N7O2S/c1-15-19-21(26-13-16-5-6-17(16)14-33-4)27-22(23-25-8-10-30(23)2)28-24(19)34-20(15)18-7-9-31(29-18)11-12-32-3/h7-10,13,17H,5-6,11-12,14H2,1-4H3,(H,26,27,28)/b16-13+/t17-/m0/s1. The van der Waals surface area contributed by atoms with E-state index in [0.717, 1.165) is 57.4 Å². The highest BCUT2D eigenvalue weighted by Crippen LogP contribution is 2.41. The Morgan fingerprint density at radius 1 is 1.24 bits per heavy atom. The minimum atomic E-state index is 0.471. The minimum absolute atomic E-state index is 0.471. The van der Waals surface area contributed by atoms with Crippen LogP contribution < -0.4 is 5.32 Å². The summed E-state index contributed by atoms with van der Waals surface area (Å²) in [6.45, 7) is 4.20. The van der Waals surface area contributed by atoms with Gasteiger partial charge in [0.1, 0.15) is 16.3 Å². The molecule has 0 amide bonds. The molecule has 178 valence electrons. The third-order valence-electron chi connectivity index (χ3n) is 6.28. The third-order valence-corrected chi connectivity index (χ3v) is 7.49. The summed E-state index contributed by atoms with van der Waals surface area (Å²) in [6, 6.07) is 2.04. The van der Waals surface area contributed by atoms with Gasteiger partial charge in [0, 0.05) is 52.0 Å². The molecule has 1 atom stereocenters. The van der Waals surface area contributed by atoms with Crippen molar-refractivity contribution in [2.45, 2.75) is 26.3 Å². The van der Waals surface area contributed by atoms with Gasteiger partial charge in [0.15, 0.2) is 11.6 Å². The third kappa shape index (κ3) is 4.24. The van der Waals surface area contributed by atoms with E-state index in [0.29, 0.717) is 24.9 Å². The predicted molar refractivity (Wildman–Crippen MR) is 134 cm³/mol. The van der Waals surface area contributed by atoms with E-state index < -0.39 is 0 Å². The Kier molecular flexibility index (Phi) is 6.44. The normalized spacial score (nSPS) is 16.9. The van der Waals surface area contributed by atoms with E-state index in [1.165, 1.54) is 5.57 Å². The van der Waals surface area contributed by atoms with Crippen molar-refractivity contribution in [2.24, 2.45) is 13.0 Å². The van der Waals surface area contributed by atoms with Gasteiger partial charge in [-0.2, -0.15) is 5.10 Å². The molecule has 4 heterocycles. The van der Waals surface area contributed by atoms with Gasteiger partial charge >= 0.3 is 0 Å². The summed E-state index contributed by atoms with van der Waals surface area (Å²) >= 11 is 1.63. The van der Waals surface area contributed by atoms with Crippen LogP contribution in [0.2, 0.25) is 0 Å². The maximum Gasteiger partial charge on any atom is 0.199 e. The van der Waals surface area contributed by atoms with Crippen molar-refractivity contribution in [3.05, 3.63) is 42.0 Å². The Balaban J connectivity index is 1.57. The maximum atomic E-state index is 5.36. The van der Waals surface area contributed by atoms with Gasteiger partial charge in [-0.1, -0.05) is 0 Å². The molecular weight excluding hydrogens is 450 g/mol. The molecule has 0 saturated heterocycles. The molecule has 1 aliphatic rings. The molecule has 1 fully saturated rings. The zero-order valence-corrected chi connectivity index (χ0v) is 20.7. The van der Waals surface area contributed by atoms with Gasteiger partial charge in [0.05, 0.1) is 30.0 Å². The van der Waals surface area contributed by atoms with E-state index in [1.54, 1.807) is 31.8 Å². The quantitative estimate of drug-likeness (QED) is 0.383. The molecule has 0 aromatic carbocycles. The van der Waals surface area contributed by atoms with E-state index in [1.807, 2.05) is 34.8 Å². The molecule has 5 rings (SSSR count). The number of methoxy groups -OCH3 is 2. The first-order valence-corrected chi connectivity index (χ1v) is 12.2. The molecular formula is C24H29N7O2S. The molecule has 4 aromatic heterocycles. The summed E-state index contributed by atoms with van der Waals surface area (Å²) in [6.07, 6.45) is 9.98. The first kappa shape index (κ1) is 22.7. The molecule has 0 bridgehead atoms. The molecule has 1 saturated carbocycles. The number of hydrogen-bond acceptors (Lipinski definition) is 8. The lowest BCUT2D eigenvalue weighted by Gasteiger charge is -2.29. The fourth-order valence-electron chi connectivity index (χ4n) is 4.22. The Morgan fingerprint density at radius 3 is 2.82 bits per heavy atom. The highest BCUT2D eigenvalue weighted by Gasteiger charge is 2.25. The van der Waals surface area contributed by atoms with E-state index in [9.17, 15) is 0 Å². The van der Waals surface area contributed by atoms with Crippen LogP contribution in [0.5, 0.6) is 0 Å². The number of hydrogen-bond donors (Lipinski definition) is 1. The van der Waals surface area contributed by atoms with Crippen LogP contribution in [0.1, 0.15) is 18.4 Å². The van der Waals surface area contributed by atoms with Gasteiger partial charge in [-0.3, -0.25) is 4.68 Å². The van der Waals surface area contributed by atoms with Gasteiger partial charge in [0.2, 0.25) is 0 Å². The highest BCUT2D eigenvalue weighted by atomic mass is 32.1. The van der Waals surface area contributed by atoms with Crippen molar-refractivity contribution in [3.8, 4) is 22.2 Å². The number of aromatic nitrogens is 6. The van der Waals surface area contributed by atoms with Crippen molar-refractivity contribution in [1.29, 1.82) is 0 Å². The fraction of sp³-hybridized carbons (Fsp3) is 0.417. The Hall–Kier alpha value is -3.08. The lowest BCUT2D eigenvalue weighted by atomic mass is 9.80. The van der Waals surface area contributed by atoms with E-state index in [4.69, 9.17) is 24.5 Å². The smallest absolute Gasteiger partial charge is 0.199 e. The summed E-state index contributed by atoms with van der Waals surface area (Å²) in [5.74, 6) is 2.59. The van der Waals surface area contributed by atoms with Crippen molar-refractivity contribution >= 4 is 27.4 Å². The fourth-order valence-corrected chi connectivity index (χ4v) is 5.36. The lowest BCUT2D eigenvalue weighted by Crippen LogP contribution is -2.21. The summed E-state index contributed by atoms with van der Waals surface area (Å²) in [4.78, 5) is 16.3. The lowest BCUT2D eigenvalue weighted by molar-refractivity contribution is 0.144. The zero-order chi connectivity index (χ0) is 23.7. The number of nitrogens with one attached hydrogen (secondary N) is 1. The minimum Gasteiger partial charge on any atom is -0.384 e. The molecule has 0 unspecified atom stereocenters. The number of fused-ring (bicyclic) bond motifs is 1. The van der Waals surface area contributed by atoms with Crippen molar-refractivity contribution < 1.29 is 9.47 Å². The summed E-state index contributed by atoms with van der Waals surface area (Å²) in [5.41, 5.74) is 3.40. The molecule has 9 nitrogen and oxygen atoms in total. The Labute approximate surface area is 202 Å². The van der Waals surface area contributed by atoms with E-state index in [-0.39, 0.29) is 0 Å². The molecule has 0 radical (unpaired) electrons. The zero-order valence-electron chi connectivity index (χ0n) is 19.9. The maximum absolute atomic E-state index is 5.36. The summed E-state index contributed by atoms with van der Waals surface area (Å²) in [7, 11) is 5.40. The topological polar surface area (TPSA) is 91.9 Å². The SMILES string of the molecule is COCCn1ccc(-c2sc3nc(-c4nccn4C)nc(N/C=C4\CC[C@H]4COC)c3c2C)n1. The van der Waals surface area contributed by atoms with E-state index in [2.05, 4.69) is 23.4 Å². The van der Waals surface area contributed by atoms with E-state index >= 15 is 0 Å². The van der Waals surface area contributed by atoms with Crippen LogP contribution in [-0.2, 0) is 23.1 Å². The summed E-state index contributed by atoms with van der Waals surface area (Å²) < 4.78 is 14.4. The second kappa shape index (κ2) is 9.65. The monoisotopic (exact) mass is 479 g/mol. The number of nitrogens with zero attached hydrogens (tertiary/aromatic N) is 6. The van der Waals surface area contributed by atoms with Gasteiger partial charge in [-0.05, 0) is 37.0 Å². The second-order valence-electron chi connectivity index (χ2n) is 8.51. The average molecular weight is 480 g/mol. The van der Waals surface area contributed by atoms with Crippen molar-refractivity contribution in [3.63, 3.8) is 0 Å². The van der Waals surface area contributed by atoms with Gasteiger partial charge in [-0.15, -0.1) is 11.3 Å². The molecule has 10 heteroatoms. The number of thiophene rings is 1. The molecule has 4 aromatic rings. The van der Waals surface area contributed by atoms with Crippen LogP contribution in [0.3, 0.4) is 0 Å². The van der Waals surface area contributed by atoms with Crippen LogP contribution in [0.15, 0.2) is 36.4 Å². The number of anilines is 1. The Bertz CT molecular complexity index is 1340. The molecule has 0 spiro atoms. The number of imidazole rings is 1. The van der Waals surface area contributed by atoms with Crippen LogP contribution in [0, 0.1) is 12.8 Å². The molecule has 1 aliphatic carbocycles. The number of ether oxygens (including phenoxy) is 2. The largest absolute Gasteiger partial charge is 0.384 e. The first-order valence-electron chi connectivity index (χ1n) is 11.3. The van der Waals surface area contributed by atoms with Crippen LogP contribution in [0.25, 0.3) is 32.4 Å². The molecule has 34 heavy (non-hydrogen) atoms. The predicted octanol–water partition coefficient (Wildman–Crippen LogP) is 4.26. The first-order chi connectivity index (χ1) is 16.6. The average Bonchev–Trinajstić information content (AvgIpc) is 3.54.